The first-order valence-corrected chi connectivity index (χ1v) is 2.95. The number of hydrogen-bond acceptors (Lipinski definition) is 4. The van der Waals surface area contributed by atoms with Crippen molar-refractivity contribution in [2.75, 3.05) is 0 Å². The molecule has 13 heavy (non-hydrogen) atoms. The van der Waals surface area contributed by atoms with Crippen LogP contribution in [0.5, 0.6) is 0 Å². The van der Waals surface area contributed by atoms with Gasteiger partial charge in [0.15, 0.2) is 0 Å². The molecular formula is C5H8F3NO4. The summed E-state index contributed by atoms with van der Waals surface area (Å²) in [5, 5.41) is 7.12. The SMILES string of the molecule is CCC(=O)ON.O=C(O)C(F)(F)F. The summed E-state index contributed by atoms with van der Waals surface area (Å²) in [5.74, 6) is 1.30. The number of rotatable bonds is 1. The Balaban J connectivity index is 0. The lowest BCUT2D eigenvalue weighted by Crippen LogP contribution is -2.21. The molecule has 0 unspecified atom stereocenters. The maximum atomic E-state index is 10.6. The number of hydrogen-bond donors (Lipinski definition) is 2. The largest absolute Gasteiger partial charge is 0.490 e. The number of carbonyl (C=O) groups is 2. The number of carboxylic acid groups (broad SMARTS) is 1. The minimum absolute atomic E-state index is 0.344. The van der Waals surface area contributed by atoms with Crippen molar-refractivity contribution in [3.05, 3.63) is 0 Å². The van der Waals surface area contributed by atoms with Gasteiger partial charge in [0.2, 0.25) is 0 Å². The van der Waals surface area contributed by atoms with Crippen molar-refractivity contribution in [2.45, 2.75) is 19.5 Å². The van der Waals surface area contributed by atoms with Crippen molar-refractivity contribution >= 4 is 11.9 Å². The summed E-state index contributed by atoms with van der Waals surface area (Å²) in [4.78, 5) is 22.5. The number of carbonyl (C=O) groups excluding carboxylic acids is 1. The first-order chi connectivity index (χ1) is 5.75. The first-order valence-electron chi connectivity index (χ1n) is 2.95. The third kappa shape index (κ3) is 10.7. The van der Waals surface area contributed by atoms with Crippen molar-refractivity contribution < 1.29 is 32.7 Å². The van der Waals surface area contributed by atoms with Crippen LogP contribution in [-0.2, 0) is 14.4 Å². The van der Waals surface area contributed by atoms with Gasteiger partial charge in [-0.3, -0.25) is 4.79 Å². The Morgan fingerprint density at radius 2 is 1.77 bits per heavy atom. The highest BCUT2D eigenvalue weighted by Crippen LogP contribution is 2.13. The highest BCUT2D eigenvalue weighted by Gasteiger charge is 2.38. The normalized spacial score (nSPS) is 9.62. The van der Waals surface area contributed by atoms with Gasteiger partial charge in [0, 0.05) is 6.42 Å². The molecular weight excluding hydrogens is 195 g/mol. The fourth-order valence-electron chi connectivity index (χ4n) is 0.0833. The molecule has 0 aliphatic rings. The molecule has 0 radical (unpaired) electrons. The molecule has 0 spiro atoms. The Bertz CT molecular complexity index is 173. The Morgan fingerprint density at radius 1 is 1.46 bits per heavy atom. The van der Waals surface area contributed by atoms with Gasteiger partial charge >= 0.3 is 18.1 Å². The summed E-state index contributed by atoms with van der Waals surface area (Å²) in [6.45, 7) is 1.68. The van der Waals surface area contributed by atoms with Crippen molar-refractivity contribution in [3.63, 3.8) is 0 Å². The highest BCUT2D eigenvalue weighted by molar-refractivity contribution is 5.73. The Hall–Kier alpha value is -1.31. The maximum Gasteiger partial charge on any atom is 0.490 e. The molecule has 0 aromatic heterocycles. The molecule has 0 fully saturated rings. The third-order valence-corrected chi connectivity index (χ3v) is 0.663. The van der Waals surface area contributed by atoms with E-state index in [9.17, 15) is 18.0 Å². The van der Waals surface area contributed by atoms with Crippen molar-refractivity contribution in [3.8, 4) is 0 Å². The zero-order valence-corrected chi connectivity index (χ0v) is 6.59. The van der Waals surface area contributed by atoms with Crippen LogP contribution in [0.15, 0.2) is 0 Å². The molecule has 8 heteroatoms. The van der Waals surface area contributed by atoms with Crippen molar-refractivity contribution in [2.24, 2.45) is 5.90 Å². The lowest BCUT2D eigenvalue weighted by atomic mass is 10.5. The van der Waals surface area contributed by atoms with Gasteiger partial charge in [-0.05, 0) is 0 Å². The van der Waals surface area contributed by atoms with E-state index in [1.54, 1.807) is 6.92 Å². The van der Waals surface area contributed by atoms with E-state index in [-0.39, 0.29) is 5.97 Å². The van der Waals surface area contributed by atoms with Gasteiger partial charge in [0.25, 0.3) is 0 Å². The smallest absolute Gasteiger partial charge is 0.475 e. The molecule has 78 valence electrons. The second-order valence-corrected chi connectivity index (χ2v) is 1.65. The molecule has 0 aromatic rings. The maximum absolute atomic E-state index is 10.6. The van der Waals surface area contributed by atoms with Crippen molar-refractivity contribution in [1.29, 1.82) is 0 Å². The van der Waals surface area contributed by atoms with E-state index in [1.807, 2.05) is 0 Å². The molecule has 0 aliphatic carbocycles. The van der Waals surface area contributed by atoms with Crippen molar-refractivity contribution in [1.82, 2.24) is 0 Å². The molecule has 3 N–H and O–H groups in total. The van der Waals surface area contributed by atoms with Crippen LogP contribution >= 0.6 is 0 Å². The van der Waals surface area contributed by atoms with Crippen LogP contribution in [-0.4, -0.2) is 23.2 Å². The highest BCUT2D eigenvalue weighted by atomic mass is 19.4. The molecule has 0 rings (SSSR count). The van der Waals surface area contributed by atoms with Gasteiger partial charge in [-0.15, -0.1) is 0 Å². The Labute approximate surface area is 71.2 Å². The summed E-state index contributed by atoms with van der Waals surface area (Å²) in [5.41, 5.74) is 0. The average molecular weight is 203 g/mol. The van der Waals surface area contributed by atoms with Crippen LogP contribution in [0.2, 0.25) is 0 Å². The second-order valence-electron chi connectivity index (χ2n) is 1.65. The fraction of sp³-hybridized carbons (Fsp3) is 0.600. The minimum Gasteiger partial charge on any atom is -0.475 e. The lowest BCUT2D eigenvalue weighted by Gasteiger charge is -1.93. The molecule has 0 heterocycles. The monoisotopic (exact) mass is 203 g/mol. The van der Waals surface area contributed by atoms with Gasteiger partial charge in [0.1, 0.15) is 0 Å². The number of carboxylic acids is 1. The molecule has 5 nitrogen and oxygen atoms in total. The van der Waals surface area contributed by atoms with E-state index in [2.05, 4.69) is 10.7 Å². The predicted molar refractivity (Wildman–Crippen MR) is 34.3 cm³/mol. The van der Waals surface area contributed by atoms with Crippen LogP contribution in [0.25, 0.3) is 0 Å². The topological polar surface area (TPSA) is 89.6 Å². The molecule has 0 aromatic carbocycles. The zero-order valence-electron chi connectivity index (χ0n) is 6.59. The van der Waals surface area contributed by atoms with E-state index in [1.165, 1.54) is 0 Å². The van der Waals surface area contributed by atoms with Crippen LogP contribution in [0.1, 0.15) is 13.3 Å². The van der Waals surface area contributed by atoms with Gasteiger partial charge < -0.3 is 9.94 Å². The Morgan fingerprint density at radius 3 is 1.77 bits per heavy atom. The quantitative estimate of drug-likeness (QED) is 0.603. The third-order valence-electron chi connectivity index (χ3n) is 0.663. The average Bonchev–Trinajstić information content (AvgIpc) is 2.02. The summed E-state index contributed by atoms with van der Waals surface area (Å²) >= 11 is 0. The van der Waals surface area contributed by atoms with Crippen LogP contribution in [0.3, 0.4) is 0 Å². The zero-order chi connectivity index (χ0) is 11.1. The van der Waals surface area contributed by atoms with Gasteiger partial charge in [-0.25, -0.2) is 4.79 Å². The van der Waals surface area contributed by atoms with E-state index < -0.39 is 12.1 Å². The summed E-state index contributed by atoms with van der Waals surface area (Å²) in [7, 11) is 0. The van der Waals surface area contributed by atoms with Crippen LogP contribution < -0.4 is 5.90 Å². The minimum atomic E-state index is -5.08. The second kappa shape index (κ2) is 6.23. The standard InChI is InChI=1S/C3H7NO2.C2HF3O2/c1-2-3(5)6-4;3-2(4,5)1(6)7/h2,4H2,1H3;(H,6,7). The van der Waals surface area contributed by atoms with E-state index in [0.29, 0.717) is 6.42 Å². The van der Waals surface area contributed by atoms with Crippen LogP contribution in [0.4, 0.5) is 13.2 Å². The molecule has 0 saturated heterocycles. The van der Waals surface area contributed by atoms with Gasteiger partial charge in [-0.2, -0.15) is 19.1 Å². The van der Waals surface area contributed by atoms with Gasteiger partial charge in [0.05, 0.1) is 0 Å². The molecule has 0 bridgehead atoms. The van der Waals surface area contributed by atoms with E-state index in [0.717, 1.165) is 0 Å². The number of alkyl halides is 3. The molecule has 0 amide bonds. The van der Waals surface area contributed by atoms with E-state index >= 15 is 0 Å². The summed E-state index contributed by atoms with van der Waals surface area (Å²) in [6.07, 6.45) is -4.74. The number of halogens is 3. The summed E-state index contributed by atoms with van der Waals surface area (Å²) < 4.78 is 31.7. The molecule has 0 atom stereocenters. The number of aliphatic carboxylic acids is 1. The summed E-state index contributed by atoms with van der Waals surface area (Å²) in [6, 6.07) is 0. The molecule has 0 aliphatic heterocycles. The lowest BCUT2D eigenvalue weighted by molar-refractivity contribution is -0.192. The first kappa shape index (κ1) is 14.2. The Kier molecular flexibility index (Phi) is 6.82. The van der Waals surface area contributed by atoms with Gasteiger partial charge in [-0.1, -0.05) is 6.92 Å². The molecule has 0 saturated carbocycles. The fourth-order valence-corrected chi connectivity index (χ4v) is 0.0833. The number of nitrogens with two attached hydrogens (primary N) is 1. The predicted octanol–water partition coefficient (Wildman–Crippen LogP) is 0.447. The van der Waals surface area contributed by atoms with E-state index in [4.69, 9.17) is 9.90 Å². The van der Waals surface area contributed by atoms with Crippen LogP contribution in [0, 0.1) is 0 Å².